The summed E-state index contributed by atoms with van der Waals surface area (Å²) in [5.41, 5.74) is 2.45. The Labute approximate surface area is 171 Å². The lowest BCUT2D eigenvalue weighted by molar-refractivity contribution is -0.112. The predicted molar refractivity (Wildman–Crippen MR) is 103 cm³/mol. The summed E-state index contributed by atoms with van der Waals surface area (Å²) in [6, 6.07) is 12.1. The van der Waals surface area contributed by atoms with E-state index in [-0.39, 0.29) is 23.9 Å². The molecule has 4 rings (SSSR count). The average molecular weight is 417 g/mol. The van der Waals surface area contributed by atoms with E-state index < -0.39 is 18.1 Å². The molecule has 0 spiro atoms. The van der Waals surface area contributed by atoms with Crippen molar-refractivity contribution in [2.45, 2.75) is 26.4 Å². The van der Waals surface area contributed by atoms with Crippen LogP contribution < -0.4 is 4.74 Å². The Kier molecular flexibility index (Phi) is 5.25. The molecule has 2 heterocycles. The van der Waals surface area contributed by atoms with Crippen LogP contribution >= 0.6 is 11.6 Å². The Morgan fingerprint density at radius 2 is 2.10 bits per heavy atom. The number of halogens is 2. The fourth-order valence-corrected chi connectivity index (χ4v) is 3.49. The zero-order valence-electron chi connectivity index (χ0n) is 15.8. The molecule has 0 bridgehead atoms. The zero-order chi connectivity index (χ0) is 20.5. The van der Waals surface area contributed by atoms with Crippen LogP contribution in [0.4, 0.5) is 4.39 Å². The largest absolute Gasteiger partial charge is 0.460 e. The van der Waals surface area contributed by atoms with Gasteiger partial charge in [-0.2, -0.15) is 5.10 Å². The maximum absolute atomic E-state index is 14.1. The molecule has 1 aliphatic rings. The van der Waals surface area contributed by atoms with Crippen molar-refractivity contribution in [2.75, 3.05) is 0 Å². The average Bonchev–Trinajstić information content (AvgIpc) is 2.97. The first-order chi connectivity index (χ1) is 13.9. The van der Waals surface area contributed by atoms with Crippen molar-refractivity contribution in [3.63, 3.8) is 0 Å². The number of ether oxygens (including phenoxy) is 3. The van der Waals surface area contributed by atoms with Gasteiger partial charge >= 0.3 is 5.97 Å². The minimum atomic E-state index is -0.634. The molecule has 0 N–H and O–H groups in total. The highest BCUT2D eigenvalue weighted by atomic mass is 35.5. The molecule has 3 aromatic rings. The van der Waals surface area contributed by atoms with E-state index in [0.29, 0.717) is 22.6 Å². The minimum Gasteiger partial charge on any atom is -0.460 e. The molecule has 29 heavy (non-hydrogen) atoms. The van der Waals surface area contributed by atoms with Crippen LogP contribution in [0.25, 0.3) is 0 Å². The maximum Gasteiger partial charge on any atom is 0.343 e. The lowest BCUT2D eigenvalue weighted by atomic mass is 10.1. The van der Waals surface area contributed by atoms with Gasteiger partial charge in [0.25, 0.3) is 0 Å². The molecule has 0 fully saturated rings. The van der Waals surface area contributed by atoms with E-state index in [9.17, 15) is 9.18 Å². The molecule has 0 radical (unpaired) electrons. The van der Waals surface area contributed by atoms with Gasteiger partial charge in [0.15, 0.2) is 0 Å². The third-order valence-electron chi connectivity index (χ3n) is 4.61. The smallest absolute Gasteiger partial charge is 0.343 e. The number of aromatic nitrogens is 2. The highest BCUT2D eigenvalue weighted by molar-refractivity contribution is 6.32. The van der Waals surface area contributed by atoms with Gasteiger partial charge in [0, 0.05) is 23.7 Å². The Bertz CT molecular complexity index is 1070. The maximum atomic E-state index is 14.1. The number of hydrogen-bond acceptors (Lipinski definition) is 5. The molecule has 0 saturated carbocycles. The van der Waals surface area contributed by atoms with E-state index in [0.717, 1.165) is 5.56 Å². The highest BCUT2D eigenvalue weighted by Gasteiger charge is 2.26. The van der Waals surface area contributed by atoms with Gasteiger partial charge < -0.3 is 14.2 Å². The van der Waals surface area contributed by atoms with Crippen molar-refractivity contribution in [1.29, 1.82) is 0 Å². The van der Waals surface area contributed by atoms with Crippen molar-refractivity contribution in [3.05, 3.63) is 81.4 Å². The van der Waals surface area contributed by atoms with E-state index in [4.69, 9.17) is 25.8 Å². The SMILES string of the molecule is Cc1nn(C)c(Cl)c1C(=O)OCc1cc(F)cc2c1OC(c1ccccc1)OC2. The van der Waals surface area contributed by atoms with Gasteiger partial charge in [0.1, 0.15) is 28.9 Å². The molecule has 2 aromatic carbocycles. The quantitative estimate of drug-likeness (QED) is 0.586. The Hall–Kier alpha value is -2.90. The molecule has 1 aliphatic heterocycles. The number of carbonyl (C=O) groups is 1. The summed E-state index contributed by atoms with van der Waals surface area (Å²) in [4.78, 5) is 12.5. The standard InChI is InChI=1S/C21H18ClFN2O4/c1-12-17(19(22)25(2)24-12)20(26)27-10-14-8-16(23)9-15-11-28-21(29-18(14)15)13-6-4-3-5-7-13/h3-9,21H,10-11H2,1-2H3. The lowest BCUT2D eigenvalue weighted by Gasteiger charge is -2.28. The fraction of sp³-hybridized carbons (Fsp3) is 0.238. The van der Waals surface area contributed by atoms with Crippen LogP contribution in [0.5, 0.6) is 5.75 Å². The van der Waals surface area contributed by atoms with E-state index in [1.54, 1.807) is 14.0 Å². The highest BCUT2D eigenvalue weighted by Crippen LogP contribution is 2.37. The van der Waals surface area contributed by atoms with Gasteiger partial charge in [-0.25, -0.2) is 9.18 Å². The normalized spacial score (nSPS) is 15.5. The van der Waals surface area contributed by atoms with Gasteiger partial charge in [-0.1, -0.05) is 41.9 Å². The van der Waals surface area contributed by atoms with E-state index in [1.165, 1.54) is 16.8 Å². The molecule has 0 saturated heterocycles. The summed E-state index contributed by atoms with van der Waals surface area (Å²) >= 11 is 6.12. The summed E-state index contributed by atoms with van der Waals surface area (Å²) in [6.07, 6.45) is -0.626. The van der Waals surface area contributed by atoms with Crippen molar-refractivity contribution in [1.82, 2.24) is 9.78 Å². The van der Waals surface area contributed by atoms with Gasteiger partial charge in [-0.05, 0) is 19.1 Å². The number of carbonyl (C=O) groups excluding carboxylic acids is 1. The topological polar surface area (TPSA) is 62.6 Å². The number of nitrogens with zero attached hydrogens (tertiary/aromatic N) is 2. The zero-order valence-corrected chi connectivity index (χ0v) is 16.6. The molecule has 8 heteroatoms. The van der Waals surface area contributed by atoms with Gasteiger partial charge in [-0.15, -0.1) is 0 Å². The molecule has 0 aliphatic carbocycles. The second-order valence-electron chi connectivity index (χ2n) is 6.68. The third-order valence-corrected chi connectivity index (χ3v) is 5.04. The van der Waals surface area contributed by atoms with Crippen molar-refractivity contribution in [3.8, 4) is 5.75 Å². The van der Waals surface area contributed by atoms with Crippen LogP contribution in [-0.2, 0) is 29.7 Å². The number of hydrogen-bond donors (Lipinski definition) is 0. The van der Waals surface area contributed by atoms with Gasteiger partial charge in [0.2, 0.25) is 6.29 Å². The lowest BCUT2D eigenvalue weighted by Crippen LogP contribution is -2.20. The first kappa shape index (κ1) is 19.4. The van der Waals surface area contributed by atoms with Gasteiger partial charge in [0.05, 0.1) is 12.3 Å². The van der Waals surface area contributed by atoms with Crippen LogP contribution in [0.15, 0.2) is 42.5 Å². The van der Waals surface area contributed by atoms with Gasteiger partial charge in [-0.3, -0.25) is 4.68 Å². The summed E-state index contributed by atoms with van der Waals surface area (Å²) in [5, 5.41) is 4.28. The van der Waals surface area contributed by atoms with E-state index >= 15 is 0 Å². The molecule has 6 nitrogen and oxygen atoms in total. The van der Waals surface area contributed by atoms with Crippen molar-refractivity contribution in [2.24, 2.45) is 7.05 Å². The predicted octanol–water partition coefficient (Wildman–Crippen LogP) is 4.49. The Morgan fingerprint density at radius 3 is 2.79 bits per heavy atom. The van der Waals surface area contributed by atoms with Crippen LogP contribution in [0.1, 0.15) is 39.0 Å². The molecule has 1 aromatic heterocycles. The van der Waals surface area contributed by atoms with Crippen LogP contribution in [-0.4, -0.2) is 15.7 Å². The molecular formula is C21H18ClFN2O4. The first-order valence-corrected chi connectivity index (χ1v) is 9.32. The number of esters is 1. The third kappa shape index (κ3) is 3.83. The Morgan fingerprint density at radius 1 is 1.34 bits per heavy atom. The number of fused-ring (bicyclic) bond motifs is 1. The second kappa shape index (κ2) is 7.85. The molecule has 1 atom stereocenters. The number of rotatable bonds is 4. The number of benzene rings is 2. The molecular weight excluding hydrogens is 399 g/mol. The van der Waals surface area contributed by atoms with Crippen molar-refractivity contribution < 1.29 is 23.4 Å². The Balaban J connectivity index is 1.57. The summed E-state index contributed by atoms with van der Waals surface area (Å²) in [5.74, 6) is -0.644. The first-order valence-electron chi connectivity index (χ1n) is 8.94. The van der Waals surface area contributed by atoms with Crippen molar-refractivity contribution >= 4 is 17.6 Å². The molecule has 0 amide bonds. The van der Waals surface area contributed by atoms with Crippen LogP contribution in [0.2, 0.25) is 5.15 Å². The number of aryl methyl sites for hydroxylation is 2. The summed E-state index contributed by atoms with van der Waals surface area (Å²) in [7, 11) is 1.63. The summed E-state index contributed by atoms with van der Waals surface area (Å²) in [6.45, 7) is 1.67. The van der Waals surface area contributed by atoms with E-state index in [2.05, 4.69) is 5.10 Å². The van der Waals surface area contributed by atoms with Crippen LogP contribution in [0, 0.1) is 12.7 Å². The minimum absolute atomic E-state index is 0.175. The molecule has 1 unspecified atom stereocenters. The van der Waals surface area contributed by atoms with Crippen LogP contribution in [0.3, 0.4) is 0 Å². The summed E-state index contributed by atoms with van der Waals surface area (Å²) < 4.78 is 32.5. The monoisotopic (exact) mass is 416 g/mol. The molecule has 150 valence electrons. The van der Waals surface area contributed by atoms with E-state index in [1.807, 2.05) is 30.3 Å². The second-order valence-corrected chi connectivity index (χ2v) is 7.03. The fourth-order valence-electron chi connectivity index (χ4n) is 3.24.